The molecule has 1 unspecified atom stereocenters. The lowest BCUT2D eigenvalue weighted by Gasteiger charge is -2.14. The Kier molecular flexibility index (Phi) is 4.12. The van der Waals surface area contributed by atoms with E-state index in [1.807, 2.05) is 12.3 Å². The third kappa shape index (κ3) is 3.26. The first-order valence-electron chi connectivity index (χ1n) is 5.57. The highest BCUT2D eigenvalue weighted by Gasteiger charge is 2.09. The molecule has 0 fully saturated rings. The summed E-state index contributed by atoms with van der Waals surface area (Å²) in [5, 5.41) is 0. The minimum absolute atomic E-state index is 0.0399. The summed E-state index contributed by atoms with van der Waals surface area (Å²) >= 11 is 2.31. The molecule has 1 aromatic heterocycles. The van der Waals surface area contributed by atoms with Crippen LogP contribution in [0, 0.1) is 10.5 Å². The summed E-state index contributed by atoms with van der Waals surface area (Å²) in [4.78, 5) is 4.09. The van der Waals surface area contributed by atoms with E-state index in [-0.39, 0.29) is 6.04 Å². The van der Waals surface area contributed by atoms with Crippen LogP contribution in [0.4, 0.5) is 0 Å². The first-order valence-corrected chi connectivity index (χ1v) is 6.65. The number of aryl methyl sites for hydroxylation is 1. The van der Waals surface area contributed by atoms with Crippen molar-refractivity contribution < 1.29 is 0 Å². The molecular formula is C14H15IN2. The number of nitrogens with two attached hydrogens (primary N) is 1. The van der Waals surface area contributed by atoms with Gasteiger partial charge in [0.25, 0.3) is 0 Å². The van der Waals surface area contributed by atoms with Gasteiger partial charge in [0, 0.05) is 22.0 Å². The van der Waals surface area contributed by atoms with E-state index in [0.717, 1.165) is 12.0 Å². The first-order chi connectivity index (χ1) is 8.16. The van der Waals surface area contributed by atoms with Crippen molar-refractivity contribution in [1.29, 1.82) is 0 Å². The molecule has 2 rings (SSSR count). The van der Waals surface area contributed by atoms with E-state index >= 15 is 0 Å². The fourth-order valence-corrected chi connectivity index (χ4v) is 2.24. The normalized spacial score (nSPS) is 12.4. The second kappa shape index (κ2) is 5.60. The van der Waals surface area contributed by atoms with Crippen LogP contribution < -0.4 is 5.73 Å². The molecule has 2 nitrogen and oxygen atoms in total. The van der Waals surface area contributed by atoms with Crippen molar-refractivity contribution in [3.8, 4) is 0 Å². The van der Waals surface area contributed by atoms with Gasteiger partial charge in [-0.2, -0.15) is 0 Å². The Morgan fingerprint density at radius 2 is 1.94 bits per heavy atom. The molecule has 0 saturated carbocycles. The van der Waals surface area contributed by atoms with Crippen LogP contribution in [0.3, 0.4) is 0 Å². The van der Waals surface area contributed by atoms with Crippen LogP contribution in [0.15, 0.2) is 42.7 Å². The van der Waals surface area contributed by atoms with Crippen molar-refractivity contribution in [1.82, 2.24) is 4.98 Å². The van der Waals surface area contributed by atoms with Crippen molar-refractivity contribution in [2.45, 2.75) is 19.4 Å². The molecule has 0 bridgehead atoms. The van der Waals surface area contributed by atoms with Crippen molar-refractivity contribution in [3.05, 3.63) is 63.0 Å². The summed E-state index contributed by atoms with van der Waals surface area (Å²) in [7, 11) is 0. The van der Waals surface area contributed by atoms with Gasteiger partial charge >= 0.3 is 0 Å². The highest BCUT2D eigenvalue weighted by atomic mass is 127. The zero-order valence-electron chi connectivity index (χ0n) is 9.73. The number of hydrogen-bond acceptors (Lipinski definition) is 2. The highest BCUT2D eigenvalue weighted by Crippen LogP contribution is 2.19. The summed E-state index contributed by atoms with van der Waals surface area (Å²) < 4.78 is 1.25. The molecule has 17 heavy (non-hydrogen) atoms. The van der Waals surface area contributed by atoms with Gasteiger partial charge in [-0.3, -0.25) is 4.98 Å². The molecule has 0 saturated heterocycles. The van der Waals surface area contributed by atoms with Gasteiger partial charge in [-0.25, -0.2) is 0 Å². The summed E-state index contributed by atoms with van der Waals surface area (Å²) in [5.74, 6) is 0. The predicted octanol–water partition coefficient (Wildman–Crippen LogP) is 3.24. The van der Waals surface area contributed by atoms with E-state index < -0.39 is 0 Å². The first kappa shape index (κ1) is 12.5. The maximum absolute atomic E-state index is 6.24. The molecule has 0 radical (unpaired) electrons. The topological polar surface area (TPSA) is 38.9 Å². The summed E-state index contributed by atoms with van der Waals surface area (Å²) in [6, 6.07) is 10.5. The minimum atomic E-state index is 0.0399. The van der Waals surface area contributed by atoms with Crippen LogP contribution in [0.5, 0.6) is 0 Å². The molecule has 2 N–H and O–H groups in total. The van der Waals surface area contributed by atoms with Crippen LogP contribution in [-0.2, 0) is 6.42 Å². The van der Waals surface area contributed by atoms with Crippen molar-refractivity contribution >= 4 is 22.6 Å². The van der Waals surface area contributed by atoms with E-state index in [1.54, 1.807) is 6.20 Å². The van der Waals surface area contributed by atoms with Gasteiger partial charge in [0.1, 0.15) is 0 Å². The van der Waals surface area contributed by atoms with E-state index in [4.69, 9.17) is 5.73 Å². The van der Waals surface area contributed by atoms with E-state index in [0.29, 0.717) is 0 Å². The largest absolute Gasteiger partial charge is 0.324 e. The number of hydrogen-bond donors (Lipinski definition) is 1. The van der Waals surface area contributed by atoms with Gasteiger partial charge in [0.15, 0.2) is 0 Å². The van der Waals surface area contributed by atoms with Gasteiger partial charge < -0.3 is 5.73 Å². The molecule has 0 spiro atoms. The SMILES string of the molecule is Cc1cnccc1C(N)Cc1ccc(I)cc1. The number of aromatic nitrogens is 1. The third-order valence-electron chi connectivity index (χ3n) is 2.83. The average Bonchev–Trinajstić information content (AvgIpc) is 2.32. The lowest BCUT2D eigenvalue weighted by Crippen LogP contribution is -2.14. The molecule has 2 aromatic rings. The second-order valence-electron chi connectivity index (χ2n) is 4.17. The fraction of sp³-hybridized carbons (Fsp3) is 0.214. The van der Waals surface area contributed by atoms with Crippen molar-refractivity contribution in [2.24, 2.45) is 5.73 Å². The molecule has 0 aliphatic carbocycles. The van der Waals surface area contributed by atoms with Gasteiger partial charge in [0.2, 0.25) is 0 Å². The molecule has 0 aliphatic rings. The zero-order valence-corrected chi connectivity index (χ0v) is 11.9. The van der Waals surface area contributed by atoms with Crippen molar-refractivity contribution in [2.75, 3.05) is 0 Å². The minimum Gasteiger partial charge on any atom is -0.324 e. The fourth-order valence-electron chi connectivity index (χ4n) is 1.88. The molecular weight excluding hydrogens is 323 g/mol. The van der Waals surface area contributed by atoms with E-state index in [1.165, 1.54) is 14.7 Å². The lowest BCUT2D eigenvalue weighted by molar-refractivity contribution is 0.714. The molecule has 1 heterocycles. The summed E-state index contributed by atoms with van der Waals surface area (Å²) in [6.45, 7) is 2.05. The Morgan fingerprint density at radius 3 is 2.59 bits per heavy atom. The second-order valence-corrected chi connectivity index (χ2v) is 5.41. The number of nitrogens with zero attached hydrogens (tertiary/aromatic N) is 1. The van der Waals surface area contributed by atoms with Gasteiger partial charge in [-0.05, 0) is 70.8 Å². The summed E-state index contributed by atoms with van der Waals surface area (Å²) in [6.07, 6.45) is 4.53. The maximum Gasteiger partial charge on any atom is 0.0339 e. The highest BCUT2D eigenvalue weighted by molar-refractivity contribution is 14.1. The van der Waals surface area contributed by atoms with Gasteiger partial charge in [0.05, 0.1) is 0 Å². The third-order valence-corrected chi connectivity index (χ3v) is 3.55. The Labute approximate surface area is 115 Å². The Balaban J connectivity index is 2.14. The molecule has 1 atom stereocenters. The zero-order chi connectivity index (χ0) is 12.3. The van der Waals surface area contributed by atoms with Gasteiger partial charge in [-0.1, -0.05) is 12.1 Å². The van der Waals surface area contributed by atoms with Crippen LogP contribution in [-0.4, -0.2) is 4.98 Å². The van der Waals surface area contributed by atoms with Crippen LogP contribution >= 0.6 is 22.6 Å². The Bertz CT molecular complexity index is 494. The van der Waals surface area contributed by atoms with Gasteiger partial charge in [-0.15, -0.1) is 0 Å². The van der Waals surface area contributed by atoms with Crippen LogP contribution in [0.1, 0.15) is 22.7 Å². The number of benzene rings is 1. The van der Waals surface area contributed by atoms with Crippen LogP contribution in [0.25, 0.3) is 0 Å². The standard InChI is InChI=1S/C14H15IN2/c1-10-9-17-7-6-13(10)14(16)8-11-2-4-12(15)5-3-11/h2-7,9,14H,8,16H2,1H3. The Morgan fingerprint density at radius 1 is 1.24 bits per heavy atom. The van der Waals surface area contributed by atoms with Crippen molar-refractivity contribution in [3.63, 3.8) is 0 Å². The number of pyridine rings is 1. The predicted molar refractivity (Wildman–Crippen MR) is 78.8 cm³/mol. The lowest BCUT2D eigenvalue weighted by atomic mass is 9.98. The quantitative estimate of drug-likeness (QED) is 0.873. The van der Waals surface area contributed by atoms with E-state index in [9.17, 15) is 0 Å². The molecule has 1 aromatic carbocycles. The molecule has 0 aliphatic heterocycles. The number of rotatable bonds is 3. The summed E-state index contributed by atoms with van der Waals surface area (Å²) in [5.41, 5.74) is 9.85. The Hall–Kier alpha value is -0.940. The van der Waals surface area contributed by atoms with E-state index in [2.05, 4.69) is 58.8 Å². The molecule has 88 valence electrons. The molecule has 0 amide bonds. The maximum atomic E-state index is 6.24. The number of halogens is 1. The smallest absolute Gasteiger partial charge is 0.0339 e. The monoisotopic (exact) mass is 338 g/mol. The van der Waals surface area contributed by atoms with Crippen LogP contribution in [0.2, 0.25) is 0 Å². The molecule has 3 heteroatoms. The average molecular weight is 338 g/mol.